The van der Waals surface area contributed by atoms with Gasteiger partial charge in [-0.25, -0.2) is 0 Å². The van der Waals surface area contributed by atoms with Crippen LogP contribution < -0.4 is 27.4 Å². The molecule has 0 aliphatic rings. The normalized spacial score (nSPS) is 14.5. The molecule has 0 saturated carbocycles. The molecule has 0 radical (unpaired) electrons. The molecule has 0 spiro atoms. The number of aliphatic hydroxyl groups excluding tert-OH is 1. The molecule has 2 aromatic rings. The number of carbonyl (C=O) groups is 4. The second-order valence-electron chi connectivity index (χ2n) is 8.33. The molecule has 0 saturated heterocycles. The standard InChI is InChI=1S/C23H34N6O6/c1-13(23(34)35)27-21(32)18(10-14-11-26-17-8-3-2-6-15(14)17)28-22(33)19(12-30)29-20(31)16(25)7-4-5-9-24/h2-3,6,8,11,13,16,18-19,26,30H,4-5,7,9-10,12,24-25H2,1H3,(H,27,32)(H,28,33)(H,29,31)(H,34,35). The zero-order valence-corrected chi connectivity index (χ0v) is 19.6. The number of para-hydroxylation sites is 1. The number of carbonyl (C=O) groups excluding carboxylic acids is 3. The maximum Gasteiger partial charge on any atom is 0.325 e. The van der Waals surface area contributed by atoms with Gasteiger partial charge in [0.1, 0.15) is 18.1 Å². The van der Waals surface area contributed by atoms with Gasteiger partial charge in [0.05, 0.1) is 12.6 Å². The minimum absolute atomic E-state index is 0.0403. The molecule has 192 valence electrons. The van der Waals surface area contributed by atoms with Gasteiger partial charge in [-0.1, -0.05) is 24.6 Å². The molecule has 1 heterocycles. The third-order valence-corrected chi connectivity index (χ3v) is 5.58. The predicted molar refractivity (Wildman–Crippen MR) is 129 cm³/mol. The van der Waals surface area contributed by atoms with Crippen molar-refractivity contribution in [2.75, 3.05) is 13.2 Å². The van der Waals surface area contributed by atoms with E-state index in [-0.39, 0.29) is 6.42 Å². The Morgan fingerprint density at radius 3 is 2.31 bits per heavy atom. The Morgan fingerprint density at radius 1 is 1.00 bits per heavy atom. The number of benzene rings is 1. The van der Waals surface area contributed by atoms with E-state index in [1.807, 2.05) is 24.3 Å². The highest BCUT2D eigenvalue weighted by Crippen LogP contribution is 2.19. The van der Waals surface area contributed by atoms with Crippen LogP contribution in [0.2, 0.25) is 0 Å². The number of carboxylic acids is 1. The van der Waals surface area contributed by atoms with Gasteiger partial charge in [0.25, 0.3) is 0 Å². The molecule has 4 atom stereocenters. The summed E-state index contributed by atoms with van der Waals surface area (Å²) in [6.07, 6.45) is 3.43. The van der Waals surface area contributed by atoms with E-state index in [1.54, 1.807) is 6.20 Å². The number of H-pyrrole nitrogens is 1. The molecule has 4 unspecified atom stereocenters. The molecule has 0 aliphatic heterocycles. The third-order valence-electron chi connectivity index (χ3n) is 5.58. The van der Waals surface area contributed by atoms with E-state index < -0.39 is 54.5 Å². The van der Waals surface area contributed by atoms with Crippen LogP contribution in [-0.2, 0) is 25.6 Å². The number of aliphatic hydroxyl groups is 1. The zero-order chi connectivity index (χ0) is 26.0. The molecule has 35 heavy (non-hydrogen) atoms. The summed E-state index contributed by atoms with van der Waals surface area (Å²) in [5.41, 5.74) is 12.8. The van der Waals surface area contributed by atoms with Crippen LogP contribution in [0.4, 0.5) is 0 Å². The lowest BCUT2D eigenvalue weighted by atomic mass is 10.0. The van der Waals surface area contributed by atoms with E-state index >= 15 is 0 Å². The summed E-state index contributed by atoms with van der Waals surface area (Å²) < 4.78 is 0. The maximum atomic E-state index is 12.9. The summed E-state index contributed by atoms with van der Waals surface area (Å²) in [6, 6.07) is 2.78. The second-order valence-corrected chi connectivity index (χ2v) is 8.33. The molecular formula is C23H34N6O6. The van der Waals surface area contributed by atoms with Gasteiger partial charge in [-0.3, -0.25) is 19.2 Å². The van der Waals surface area contributed by atoms with Crippen LogP contribution in [0.1, 0.15) is 31.7 Å². The van der Waals surface area contributed by atoms with Gasteiger partial charge in [0.15, 0.2) is 0 Å². The van der Waals surface area contributed by atoms with Gasteiger partial charge in [-0.2, -0.15) is 0 Å². The first-order valence-corrected chi connectivity index (χ1v) is 11.4. The third kappa shape index (κ3) is 8.05. The molecule has 1 aromatic carbocycles. The quantitative estimate of drug-likeness (QED) is 0.149. The van der Waals surface area contributed by atoms with E-state index in [4.69, 9.17) is 16.6 Å². The van der Waals surface area contributed by atoms with Crippen molar-refractivity contribution in [3.8, 4) is 0 Å². The molecule has 2 rings (SSSR count). The summed E-state index contributed by atoms with van der Waals surface area (Å²) >= 11 is 0. The van der Waals surface area contributed by atoms with E-state index in [0.717, 1.165) is 16.5 Å². The van der Waals surface area contributed by atoms with Gasteiger partial charge >= 0.3 is 5.97 Å². The zero-order valence-electron chi connectivity index (χ0n) is 19.6. The van der Waals surface area contributed by atoms with Gasteiger partial charge in [0, 0.05) is 23.5 Å². The largest absolute Gasteiger partial charge is 0.480 e. The Hall–Kier alpha value is -3.48. The number of aromatic nitrogens is 1. The van der Waals surface area contributed by atoms with E-state index in [0.29, 0.717) is 25.8 Å². The van der Waals surface area contributed by atoms with Crippen molar-refractivity contribution >= 4 is 34.6 Å². The number of amides is 3. The van der Waals surface area contributed by atoms with Gasteiger partial charge in [-0.05, 0) is 37.9 Å². The van der Waals surface area contributed by atoms with Crippen molar-refractivity contribution in [2.45, 2.75) is 56.8 Å². The van der Waals surface area contributed by atoms with Crippen LogP contribution in [0.3, 0.4) is 0 Å². The number of aliphatic carboxylic acids is 1. The summed E-state index contributed by atoms with van der Waals surface area (Å²) in [5.74, 6) is -3.38. The minimum atomic E-state index is -1.35. The summed E-state index contributed by atoms with van der Waals surface area (Å²) in [7, 11) is 0. The number of rotatable bonds is 14. The lowest BCUT2D eigenvalue weighted by Crippen LogP contribution is -2.58. The Labute approximate surface area is 202 Å². The van der Waals surface area contributed by atoms with E-state index in [2.05, 4.69) is 20.9 Å². The van der Waals surface area contributed by atoms with Gasteiger partial charge in [0.2, 0.25) is 17.7 Å². The molecule has 12 nitrogen and oxygen atoms in total. The highest BCUT2D eigenvalue weighted by molar-refractivity contribution is 5.94. The van der Waals surface area contributed by atoms with Crippen LogP contribution in [0, 0.1) is 0 Å². The number of hydrogen-bond donors (Lipinski definition) is 8. The average Bonchev–Trinajstić information content (AvgIpc) is 3.24. The van der Waals surface area contributed by atoms with Gasteiger partial charge in [-0.15, -0.1) is 0 Å². The molecular weight excluding hydrogens is 456 g/mol. The summed E-state index contributed by atoms with van der Waals surface area (Å²) in [5, 5.41) is 26.9. The SMILES string of the molecule is CC(NC(=O)C(Cc1c[nH]c2ccccc12)NC(=O)C(CO)NC(=O)C(N)CCCCN)C(=O)O. The molecule has 12 heteroatoms. The van der Waals surface area contributed by atoms with Crippen LogP contribution in [0.25, 0.3) is 10.9 Å². The van der Waals surface area contributed by atoms with Crippen molar-refractivity contribution in [3.63, 3.8) is 0 Å². The van der Waals surface area contributed by atoms with Crippen molar-refractivity contribution in [1.82, 2.24) is 20.9 Å². The maximum absolute atomic E-state index is 12.9. The minimum Gasteiger partial charge on any atom is -0.480 e. The molecule has 0 aliphatic carbocycles. The fourth-order valence-electron chi connectivity index (χ4n) is 3.49. The van der Waals surface area contributed by atoms with Crippen LogP contribution in [-0.4, -0.2) is 76.2 Å². The van der Waals surface area contributed by atoms with Crippen molar-refractivity contribution < 1.29 is 29.4 Å². The number of unbranched alkanes of at least 4 members (excludes halogenated alkanes) is 1. The highest BCUT2D eigenvalue weighted by Gasteiger charge is 2.29. The Balaban J connectivity index is 2.15. The molecule has 10 N–H and O–H groups in total. The summed E-state index contributed by atoms with van der Waals surface area (Å²) in [4.78, 5) is 52.4. The Morgan fingerprint density at radius 2 is 1.66 bits per heavy atom. The first-order valence-electron chi connectivity index (χ1n) is 11.4. The first-order chi connectivity index (χ1) is 16.7. The fraction of sp³-hybridized carbons (Fsp3) is 0.478. The molecule has 0 bridgehead atoms. The average molecular weight is 491 g/mol. The van der Waals surface area contributed by atoms with Crippen molar-refractivity contribution in [1.29, 1.82) is 0 Å². The highest BCUT2D eigenvalue weighted by atomic mass is 16.4. The Kier molecular flexibility index (Phi) is 10.6. The number of nitrogens with one attached hydrogen (secondary N) is 4. The number of nitrogens with two attached hydrogens (primary N) is 2. The topological polar surface area (TPSA) is 213 Å². The second kappa shape index (κ2) is 13.4. The fourth-order valence-corrected chi connectivity index (χ4v) is 3.49. The predicted octanol–water partition coefficient (Wildman–Crippen LogP) is -1.28. The van der Waals surface area contributed by atoms with Crippen molar-refractivity contribution in [2.24, 2.45) is 11.5 Å². The smallest absolute Gasteiger partial charge is 0.325 e. The Bertz CT molecular complexity index is 1020. The molecule has 0 fully saturated rings. The van der Waals surface area contributed by atoms with Crippen LogP contribution >= 0.6 is 0 Å². The van der Waals surface area contributed by atoms with E-state index in [9.17, 15) is 24.3 Å². The number of aromatic amines is 1. The number of fused-ring (bicyclic) bond motifs is 1. The number of carboxylic acid groups (broad SMARTS) is 1. The molecule has 3 amide bonds. The monoisotopic (exact) mass is 490 g/mol. The summed E-state index contributed by atoms with van der Waals surface area (Å²) in [6.45, 7) is 1.05. The molecule has 1 aromatic heterocycles. The number of hydrogen-bond acceptors (Lipinski definition) is 7. The lowest BCUT2D eigenvalue weighted by Gasteiger charge is -2.24. The van der Waals surface area contributed by atoms with Crippen LogP contribution in [0.15, 0.2) is 30.5 Å². The van der Waals surface area contributed by atoms with Crippen LogP contribution in [0.5, 0.6) is 0 Å². The van der Waals surface area contributed by atoms with E-state index in [1.165, 1.54) is 6.92 Å². The van der Waals surface area contributed by atoms with Crippen molar-refractivity contribution in [3.05, 3.63) is 36.0 Å². The lowest BCUT2D eigenvalue weighted by molar-refractivity contribution is -0.141. The van der Waals surface area contributed by atoms with Gasteiger partial charge < -0.3 is 42.6 Å². The first kappa shape index (κ1) is 27.8.